The van der Waals surface area contributed by atoms with E-state index in [2.05, 4.69) is 25.1 Å². The number of aromatic nitrogens is 2. The molecule has 0 aliphatic carbocycles. The van der Waals surface area contributed by atoms with Gasteiger partial charge in [-0.2, -0.15) is 0 Å². The van der Waals surface area contributed by atoms with E-state index in [0.717, 1.165) is 37.2 Å². The number of carbonyl (C=O) groups is 2. The monoisotopic (exact) mass is 405 g/mol. The molecule has 1 aromatic heterocycles. The molecule has 1 aliphatic rings. The quantitative estimate of drug-likeness (QED) is 0.597. The summed E-state index contributed by atoms with van der Waals surface area (Å²) in [7, 11) is 0. The first kappa shape index (κ1) is 20.1. The normalized spacial score (nSPS) is 14.6. The molecule has 7 heteroatoms. The van der Waals surface area contributed by atoms with Crippen molar-refractivity contribution in [2.45, 2.75) is 32.7 Å². The minimum atomic E-state index is -0.384. The molecule has 30 heavy (non-hydrogen) atoms. The smallest absolute Gasteiger partial charge is 0.309 e. The first-order valence-corrected chi connectivity index (χ1v) is 10.5. The fourth-order valence-electron chi connectivity index (χ4n) is 3.90. The summed E-state index contributed by atoms with van der Waals surface area (Å²) in [5, 5.41) is 5.68. The van der Waals surface area contributed by atoms with Crippen molar-refractivity contribution in [3.63, 3.8) is 0 Å². The summed E-state index contributed by atoms with van der Waals surface area (Å²) in [6.07, 6.45) is 3.80. The summed E-state index contributed by atoms with van der Waals surface area (Å²) in [5.41, 5.74) is 2.98. The lowest BCUT2D eigenvalue weighted by Crippen LogP contribution is -2.33. The Labute approximate surface area is 176 Å². The fourth-order valence-corrected chi connectivity index (χ4v) is 3.90. The van der Waals surface area contributed by atoms with Crippen molar-refractivity contribution in [3.8, 4) is 0 Å². The number of piperidine rings is 1. The van der Waals surface area contributed by atoms with Crippen LogP contribution in [0.3, 0.4) is 0 Å². The molecule has 7 nitrogen and oxygen atoms in total. The molecule has 2 N–H and O–H groups in total. The SMILES string of the molecule is CC(=O)c1cccc(NC(=O)Nc2nc3ccccc3n2CCN2CCCCC2)c1. The van der Waals surface area contributed by atoms with Gasteiger partial charge in [-0.05, 0) is 57.1 Å². The number of anilines is 2. The number of amides is 2. The van der Waals surface area contributed by atoms with Crippen LogP contribution in [0.5, 0.6) is 0 Å². The van der Waals surface area contributed by atoms with Crippen LogP contribution in [0.1, 0.15) is 36.5 Å². The topological polar surface area (TPSA) is 79.3 Å². The summed E-state index contributed by atoms with van der Waals surface area (Å²) in [4.78, 5) is 31.3. The number of hydrogen-bond donors (Lipinski definition) is 2. The van der Waals surface area contributed by atoms with Crippen LogP contribution in [0.4, 0.5) is 16.4 Å². The molecule has 0 spiro atoms. The van der Waals surface area contributed by atoms with Gasteiger partial charge in [0.1, 0.15) is 0 Å². The fraction of sp³-hybridized carbons (Fsp3) is 0.348. The average molecular weight is 406 g/mol. The van der Waals surface area contributed by atoms with E-state index in [9.17, 15) is 9.59 Å². The zero-order chi connectivity index (χ0) is 20.9. The van der Waals surface area contributed by atoms with Crippen molar-refractivity contribution in [1.29, 1.82) is 0 Å². The number of nitrogens with one attached hydrogen (secondary N) is 2. The number of fused-ring (bicyclic) bond motifs is 1. The molecule has 2 heterocycles. The number of carbonyl (C=O) groups excluding carboxylic acids is 2. The van der Waals surface area contributed by atoms with Gasteiger partial charge < -0.3 is 14.8 Å². The van der Waals surface area contributed by atoms with E-state index < -0.39 is 0 Å². The van der Waals surface area contributed by atoms with Gasteiger partial charge in [-0.15, -0.1) is 0 Å². The Morgan fingerprint density at radius 2 is 1.77 bits per heavy atom. The van der Waals surface area contributed by atoms with Crippen molar-refractivity contribution in [1.82, 2.24) is 14.5 Å². The largest absolute Gasteiger partial charge is 0.326 e. The number of hydrogen-bond acceptors (Lipinski definition) is 4. The third kappa shape index (κ3) is 4.68. The number of imidazole rings is 1. The third-order valence-corrected chi connectivity index (χ3v) is 5.50. The van der Waals surface area contributed by atoms with E-state index in [0.29, 0.717) is 17.2 Å². The molecule has 156 valence electrons. The number of ketones is 1. The molecule has 2 aromatic carbocycles. The van der Waals surface area contributed by atoms with Crippen LogP contribution in [0.15, 0.2) is 48.5 Å². The van der Waals surface area contributed by atoms with Gasteiger partial charge in [0.2, 0.25) is 5.95 Å². The lowest BCUT2D eigenvalue weighted by molar-refractivity contribution is 0.101. The molecular weight excluding hydrogens is 378 g/mol. The van der Waals surface area contributed by atoms with Crippen LogP contribution in [-0.4, -0.2) is 45.9 Å². The Kier molecular flexibility index (Phi) is 6.09. The predicted molar refractivity (Wildman–Crippen MR) is 119 cm³/mol. The Morgan fingerprint density at radius 3 is 2.57 bits per heavy atom. The molecular formula is C23H27N5O2. The zero-order valence-corrected chi connectivity index (χ0v) is 17.2. The minimum absolute atomic E-state index is 0.0430. The van der Waals surface area contributed by atoms with E-state index in [1.807, 2.05) is 24.3 Å². The zero-order valence-electron chi connectivity index (χ0n) is 17.2. The van der Waals surface area contributed by atoms with Crippen LogP contribution >= 0.6 is 0 Å². The number of urea groups is 1. The van der Waals surface area contributed by atoms with E-state index in [-0.39, 0.29) is 11.8 Å². The van der Waals surface area contributed by atoms with E-state index in [1.54, 1.807) is 24.3 Å². The molecule has 0 unspecified atom stereocenters. The molecule has 0 atom stereocenters. The second-order valence-electron chi connectivity index (χ2n) is 7.69. The first-order valence-electron chi connectivity index (χ1n) is 10.5. The maximum Gasteiger partial charge on any atom is 0.326 e. The van der Waals surface area contributed by atoms with Crippen LogP contribution < -0.4 is 10.6 Å². The first-order chi connectivity index (χ1) is 14.6. The Morgan fingerprint density at radius 1 is 0.967 bits per heavy atom. The van der Waals surface area contributed by atoms with Crippen LogP contribution in [0.25, 0.3) is 11.0 Å². The standard InChI is InChI=1S/C23H27N5O2/c1-17(29)18-8-7-9-19(16-18)24-23(30)26-22-25-20-10-3-4-11-21(20)28(22)15-14-27-12-5-2-6-13-27/h3-4,7-11,16H,2,5-6,12-15H2,1H3,(H2,24,25,26,30). The van der Waals surface area contributed by atoms with Gasteiger partial charge in [-0.3, -0.25) is 10.1 Å². The Hall–Kier alpha value is -3.19. The lowest BCUT2D eigenvalue weighted by atomic mass is 10.1. The maximum absolute atomic E-state index is 12.6. The number of benzene rings is 2. The summed E-state index contributed by atoms with van der Waals surface area (Å²) in [6.45, 7) is 5.45. The van der Waals surface area contributed by atoms with Gasteiger partial charge in [-0.1, -0.05) is 30.7 Å². The summed E-state index contributed by atoms with van der Waals surface area (Å²) >= 11 is 0. The molecule has 2 amide bonds. The second kappa shape index (κ2) is 9.09. The summed E-state index contributed by atoms with van der Waals surface area (Å²) < 4.78 is 2.06. The number of rotatable bonds is 6. The molecule has 0 bridgehead atoms. The molecule has 0 radical (unpaired) electrons. The number of para-hydroxylation sites is 2. The lowest BCUT2D eigenvalue weighted by Gasteiger charge is -2.26. The van der Waals surface area contributed by atoms with Crippen molar-refractivity contribution in [2.75, 3.05) is 30.3 Å². The highest BCUT2D eigenvalue weighted by molar-refractivity contribution is 6.01. The molecule has 3 aromatic rings. The molecule has 1 fully saturated rings. The molecule has 0 saturated carbocycles. The van der Waals surface area contributed by atoms with Crippen molar-refractivity contribution < 1.29 is 9.59 Å². The number of Topliss-reactive ketones (excluding diaryl/α,β-unsaturated/α-hetero) is 1. The maximum atomic E-state index is 12.6. The van der Waals surface area contributed by atoms with Crippen molar-refractivity contribution >= 4 is 34.5 Å². The van der Waals surface area contributed by atoms with Gasteiger partial charge in [0.25, 0.3) is 0 Å². The van der Waals surface area contributed by atoms with Gasteiger partial charge in [-0.25, -0.2) is 9.78 Å². The predicted octanol–water partition coefficient (Wildman–Crippen LogP) is 4.37. The number of likely N-dealkylation sites (tertiary alicyclic amines) is 1. The van der Waals surface area contributed by atoms with Crippen molar-refractivity contribution in [3.05, 3.63) is 54.1 Å². The van der Waals surface area contributed by atoms with E-state index in [1.165, 1.54) is 26.2 Å². The Bertz CT molecular complexity index is 1050. The summed E-state index contributed by atoms with van der Waals surface area (Å²) in [6, 6.07) is 14.4. The highest BCUT2D eigenvalue weighted by atomic mass is 16.2. The van der Waals surface area contributed by atoms with Crippen LogP contribution in [-0.2, 0) is 6.54 Å². The third-order valence-electron chi connectivity index (χ3n) is 5.50. The van der Waals surface area contributed by atoms with Crippen LogP contribution in [0, 0.1) is 0 Å². The molecule has 1 saturated heterocycles. The van der Waals surface area contributed by atoms with E-state index >= 15 is 0 Å². The molecule has 1 aliphatic heterocycles. The van der Waals surface area contributed by atoms with Gasteiger partial charge in [0.15, 0.2) is 5.78 Å². The van der Waals surface area contributed by atoms with Crippen LogP contribution in [0.2, 0.25) is 0 Å². The highest BCUT2D eigenvalue weighted by Crippen LogP contribution is 2.21. The highest BCUT2D eigenvalue weighted by Gasteiger charge is 2.16. The van der Waals surface area contributed by atoms with Gasteiger partial charge >= 0.3 is 6.03 Å². The summed E-state index contributed by atoms with van der Waals surface area (Å²) in [5.74, 6) is 0.479. The second-order valence-corrected chi connectivity index (χ2v) is 7.69. The van der Waals surface area contributed by atoms with Gasteiger partial charge in [0.05, 0.1) is 11.0 Å². The van der Waals surface area contributed by atoms with E-state index in [4.69, 9.17) is 0 Å². The van der Waals surface area contributed by atoms with Gasteiger partial charge in [0, 0.05) is 24.3 Å². The van der Waals surface area contributed by atoms with Crippen molar-refractivity contribution in [2.24, 2.45) is 0 Å². The Balaban J connectivity index is 1.50. The number of nitrogens with zero attached hydrogens (tertiary/aromatic N) is 3. The minimum Gasteiger partial charge on any atom is -0.309 e. The average Bonchev–Trinajstić information content (AvgIpc) is 3.10. The molecule has 4 rings (SSSR count).